The average Bonchev–Trinajstić information content (AvgIpc) is 3.11. The van der Waals surface area contributed by atoms with Gasteiger partial charge in [0.05, 0.1) is 22.6 Å². The van der Waals surface area contributed by atoms with E-state index in [2.05, 4.69) is 4.98 Å². The summed E-state index contributed by atoms with van der Waals surface area (Å²) < 4.78 is 5.70. The molecule has 0 spiro atoms. The van der Waals surface area contributed by atoms with Crippen LogP contribution in [-0.4, -0.2) is 45.3 Å². The lowest BCUT2D eigenvalue weighted by molar-refractivity contribution is -0.149. The van der Waals surface area contributed by atoms with Crippen molar-refractivity contribution in [3.8, 4) is 10.8 Å². The third-order valence-corrected chi connectivity index (χ3v) is 4.83. The number of likely N-dealkylation sites (tertiary alicyclic amines) is 1. The first-order chi connectivity index (χ1) is 10.5. The standard InChI is InChI=1S/C15H18N2O4S/c1-9-11(16-14(21-9)13-3-2-6-22-13)8-17-5-4-12(18)10(7-17)15(19)20/h2-3,6,10,12,18H,4-5,7-8H2,1H3,(H,19,20)/t10-,12+/m1/s1. The summed E-state index contributed by atoms with van der Waals surface area (Å²) in [6.45, 7) is 3.40. The molecule has 0 aliphatic carbocycles. The first-order valence-corrected chi connectivity index (χ1v) is 8.06. The van der Waals surface area contributed by atoms with E-state index in [9.17, 15) is 9.90 Å². The largest absolute Gasteiger partial charge is 0.481 e. The number of aromatic nitrogens is 1. The first-order valence-electron chi connectivity index (χ1n) is 7.18. The van der Waals surface area contributed by atoms with Gasteiger partial charge in [-0.05, 0) is 24.8 Å². The Morgan fingerprint density at radius 1 is 1.59 bits per heavy atom. The van der Waals surface area contributed by atoms with Gasteiger partial charge in [0, 0.05) is 19.6 Å². The van der Waals surface area contributed by atoms with E-state index >= 15 is 0 Å². The Morgan fingerprint density at radius 2 is 2.41 bits per heavy atom. The molecule has 0 unspecified atom stereocenters. The summed E-state index contributed by atoms with van der Waals surface area (Å²) in [5.74, 6) is -0.332. The molecule has 2 N–H and O–H groups in total. The number of aliphatic hydroxyl groups excluding tert-OH is 1. The van der Waals surface area contributed by atoms with Crippen molar-refractivity contribution in [1.82, 2.24) is 9.88 Å². The fraction of sp³-hybridized carbons (Fsp3) is 0.467. The summed E-state index contributed by atoms with van der Waals surface area (Å²) in [4.78, 5) is 18.7. The Bertz CT molecular complexity index is 653. The quantitative estimate of drug-likeness (QED) is 0.895. The summed E-state index contributed by atoms with van der Waals surface area (Å²) in [6, 6.07) is 3.90. The number of aliphatic hydroxyl groups is 1. The fourth-order valence-electron chi connectivity index (χ4n) is 2.69. The van der Waals surface area contributed by atoms with Gasteiger partial charge in [-0.3, -0.25) is 9.69 Å². The molecular formula is C15H18N2O4S. The van der Waals surface area contributed by atoms with Crippen LogP contribution in [-0.2, 0) is 11.3 Å². The fourth-order valence-corrected chi connectivity index (χ4v) is 3.33. The highest BCUT2D eigenvalue weighted by Gasteiger charge is 2.33. The first kappa shape index (κ1) is 15.2. The van der Waals surface area contributed by atoms with Gasteiger partial charge < -0.3 is 14.6 Å². The lowest BCUT2D eigenvalue weighted by atomic mass is 9.95. The number of aryl methyl sites for hydroxylation is 1. The normalized spacial score (nSPS) is 22.8. The highest BCUT2D eigenvalue weighted by atomic mass is 32.1. The van der Waals surface area contributed by atoms with Crippen LogP contribution in [0.4, 0.5) is 0 Å². The molecule has 0 aromatic carbocycles. The second-order valence-electron chi connectivity index (χ2n) is 5.54. The maximum atomic E-state index is 11.2. The smallest absolute Gasteiger partial charge is 0.310 e. The van der Waals surface area contributed by atoms with Crippen molar-refractivity contribution in [2.75, 3.05) is 13.1 Å². The van der Waals surface area contributed by atoms with Gasteiger partial charge in [-0.25, -0.2) is 4.98 Å². The third-order valence-electron chi connectivity index (χ3n) is 3.98. The van der Waals surface area contributed by atoms with Crippen molar-refractivity contribution in [3.05, 3.63) is 29.0 Å². The molecule has 1 fully saturated rings. The topological polar surface area (TPSA) is 86.8 Å². The third kappa shape index (κ3) is 3.06. The summed E-state index contributed by atoms with van der Waals surface area (Å²) in [7, 11) is 0. The summed E-state index contributed by atoms with van der Waals surface area (Å²) in [5.41, 5.74) is 0.823. The monoisotopic (exact) mass is 322 g/mol. The molecule has 2 atom stereocenters. The van der Waals surface area contributed by atoms with Gasteiger partial charge in [-0.1, -0.05) is 6.07 Å². The average molecular weight is 322 g/mol. The number of carbonyl (C=O) groups is 1. The number of nitrogens with zero attached hydrogens (tertiary/aromatic N) is 2. The second-order valence-corrected chi connectivity index (χ2v) is 6.48. The number of aliphatic carboxylic acids is 1. The van der Waals surface area contributed by atoms with Crippen molar-refractivity contribution < 1.29 is 19.4 Å². The minimum absolute atomic E-state index is 0.330. The Morgan fingerprint density at radius 3 is 3.09 bits per heavy atom. The van der Waals surface area contributed by atoms with Crippen LogP contribution in [0.2, 0.25) is 0 Å². The Kier molecular flexibility index (Phi) is 4.28. The molecule has 3 rings (SSSR count). The molecule has 0 radical (unpaired) electrons. The van der Waals surface area contributed by atoms with Crippen molar-refractivity contribution in [1.29, 1.82) is 0 Å². The van der Waals surface area contributed by atoms with Crippen LogP contribution in [0, 0.1) is 12.8 Å². The van der Waals surface area contributed by atoms with Gasteiger partial charge >= 0.3 is 5.97 Å². The minimum atomic E-state index is -0.951. The van der Waals surface area contributed by atoms with E-state index in [4.69, 9.17) is 9.52 Å². The molecule has 118 valence electrons. The summed E-state index contributed by atoms with van der Waals surface area (Å²) in [5, 5.41) is 20.9. The molecule has 22 heavy (non-hydrogen) atoms. The number of piperidine rings is 1. The molecular weight excluding hydrogens is 304 g/mol. The number of rotatable bonds is 4. The van der Waals surface area contributed by atoms with Gasteiger partial charge in [0.1, 0.15) is 5.76 Å². The Balaban J connectivity index is 1.72. The lowest BCUT2D eigenvalue weighted by Gasteiger charge is -2.33. The van der Waals surface area contributed by atoms with Crippen molar-refractivity contribution in [3.63, 3.8) is 0 Å². The molecule has 6 nitrogen and oxygen atoms in total. The highest BCUT2D eigenvalue weighted by molar-refractivity contribution is 7.13. The molecule has 1 saturated heterocycles. The zero-order valence-electron chi connectivity index (χ0n) is 12.2. The van der Waals surface area contributed by atoms with E-state index in [1.165, 1.54) is 0 Å². The molecule has 0 amide bonds. The van der Waals surface area contributed by atoms with Crippen LogP contribution in [0.15, 0.2) is 21.9 Å². The van der Waals surface area contributed by atoms with Gasteiger partial charge in [0.25, 0.3) is 0 Å². The SMILES string of the molecule is Cc1oc(-c2cccs2)nc1CN1CC[C@H](O)[C@H](C(=O)O)C1. The molecule has 0 bridgehead atoms. The van der Waals surface area contributed by atoms with Crippen LogP contribution >= 0.6 is 11.3 Å². The number of carboxylic acids is 1. The van der Waals surface area contributed by atoms with Gasteiger partial charge in [-0.2, -0.15) is 0 Å². The lowest BCUT2D eigenvalue weighted by Crippen LogP contribution is -2.46. The van der Waals surface area contributed by atoms with Crippen molar-refractivity contribution >= 4 is 17.3 Å². The van der Waals surface area contributed by atoms with Gasteiger partial charge in [0.2, 0.25) is 5.89 Å². The molecule has 7 heteroatoms. The van der Waals surface area contributed by atoms with Crippen LogP contribution < -0.4 is 0 Å². The number of carboxylic acid groups (broad SMARTS) is 1. The zero-order valence-corrected chi connectivity index (χ0v) is 13.0. The minimum Gasteiger partial charge on any atom is -0.481 e. The molecule has 0 saturated carbocycles. The van der Waals surface area contributed by atoms with Crippen LogP contribution in [0.3, 0.4) is 0 Å². The van der Waals surface area contributed by atoms with Crippen molar-refractivity contribution in [2.45, 2.75) is 26.0 Å². The number of hydrogen-bond donors (Lipinski definition) is 2. The van der Waals surface area contributed by atoms with Crippen molar-refractivity contribution in [2.24, 2.45) is 5.92 Å². The number of hydrogen-bond acceptors (Lipinski definition) is 6. The van der Waals surface area contributed by atoms with Crippen LogP contribution in [0.5, 0.6) is 0 Å². The number of oxazole rings is 1. The summed E-state index contributed by atoms with van der Waals surface area (Å²) >= 11 is 1.57. The van der Waals surface area contributed by atoms with Gasteiger partial charge in [-0.15, -0.1) is 11.3 Å². The molecule has 3 heterocycles. The van der Waals surface area contributed by atoms with Crippen LogP contribution in [0.25, 0.3) is 10.8 Å². The van der Waals surface area contributed by atoms with Gasteiger partial charge in [0.15, 0.2) is 0 Å². The Hall–Kier alpha value is -1.70. The predicted molar refractivity (Wildman–Crippen MR) is 81.6 cm³/mol. The maximum Gasteiger partial charge on any atom is 0.310 e. The molecule has 2 aromatic heterocycles. The second kappa shape index (κ2) is 6.20. The van der Waals surface area contributed by atoms with E-state index in [1.54, 1.807) is 11.3 Å². The van der Waals surface area contributed by atoms with Crippen LogP contribution in [0.1, 0.15) is 17.9 Å². The van der Waals surface area contributed by atoms with E-state index in [1.807, 2.05) is 29.3 Å². The number of thiophene rings is 1. The van der Waals surface area contributed by atoms with E-state index in [0.717, 1.165) is 16.3 Å². The van der Waals surface area contributed by atoms with E-state index in [-0.39, 0.29) is 0 Å². The summed E-state index contributed by atoms with van der Waals surface area (Å²) in [6.07, 6.45) is -0.306. The molecule has 1 aliphatic heterocycles. The zero-order chi connectivity index (χ0) is 15.7. The van der Waals surface area contributed by atoms with E-state index in [0.29, 0.717) is 31.9 Å². The Labute approximate surface area is 132 Å². The molecule has 1 aliphatic rings. The predicted octanol–water partition coefficient (Wildman–Crippen LogP) is 1.98. The molecule has 2 aromatic rings. The maximum absolute atomic E-state index is 11.2. The van der Waals surface area contributed by atoms with E-state index < -0.39 is 18.0 Å². The highest BCUT2D eigenvalue weighted by Crippen LogP contribution is 2.27.